The first kappa shape index (κ1) is 58.8. The van der Waals surface area contributed by atoms with Crippen molar-refractivity contribution in [2.45, 2.75) is 50.9 Å². The Hall–Kier alpha value is -12.3. The summed E-state index contributed by atoms with van der Waals surface area (Å²) < 4.78 is 14.0. The maximum absolute atomic E-state index is 7.12. The van der Waals surface area contributed by atoms with E-state index >= 15 is 0 Å². The summed E-state index contributed by atoms with van der Waals surface area (Å²) in [7, 11) is 0. The topological polar surface area (TPSA) is 29.5 Å². The van der Waals surface area contributed by atoms with Gasteiger partial charge in [0.25, 0.3) is 0 Å². The van der Waals surface area contributed by atoms with Gasteiger partial charge in [0.05, 0.1) is 16.5 Å². The Balaban J connectivity index is 0.892. The van der Waals surface area contributed by atoms with Gasteiger partial charge in [-0.25, -0.2) is 0 Å². The molecule has 0 bridgehead atoms. The number of anilines is 3. The molecule has 2 heterocycles. The van der Waals surface area contributed by atoms with Crippen molar-refractivity contribution in [1.82, 2.24) is 0 Å². The van der Waals surface area contributed by atoms with E-state index in [2.05, 4.69) is 367 Å². The monoisotopic (exact) mass is 1290 g/mol. The molecule has 0 saturated heterocycles. The fraction of sp³-hybridized carbons (Fsp3) is 0.0816. The van der Waals surface area contributed by atoms with Gasteiger partial charge in [-0.3, -0.25) is 0 Å². The van der Waals surface area contributed by atoms with Gasteiger partial charge in [0.1, 0.15) is 22.3 Å². The molecular weight excluding hydrogens is 1220 g/mol. The van der Waals surface area contributed by atoms with E-state index < -0.39 is 16.2 Å². The smallest absolute Gasteiger partial charge is 0.143 e. The summed E-state index contributed by atoms with van der Waals surface area (Å²) >= 11 is 0. The second kappa shape index (κ2) is 22.1. The van der Waals surface area contributed by atoms with Crippen LogP contribution in [0.25, 0.3) is 111 Å². The first-order valence-corrected chi connectivity index (χ1v) is 35.4. The molecule has 15 aromatic carbocycles. The number of furan rings is 2. The number of aryl methyl sites for hydroxylation is 3. The van der Waals surface area contributed by atoms with Gasteiger partial charge in [-0.05, 0) is 198 Å². The first-order chi connectivity index (χ1) is 49.6. The zero-order chi connectivity index (χ0) is 67.5. The molecule has 20 rings (SSSR count). The van der Waals surface area contributed by atoms with Crippen molar-refractivity contribution in [3.8, 4) is 66.8 Å². The van der Waals surface area contributed by atoms with Crippen molar-refractivity contribution in [2.24, 2.45) is 0 Å². The summed E-state index contributed by atoms with van der Waals surface area (Å²) in [5.74, 6) is 0. The number of para-hydroxylation sites is 3. The molecule has 0 radical (unpaired) electrons. The molecule has 478 valence electrons. The van der Waals surface area contributed by atoms with Crippen LogP contribution in [0.4, 0.5) is 17.1 Å². The summed E-state index contributed by atoms with van der Waals surface area (Å²) in [4.78, 5) is 2.61. The van der Waals surface area contributed by atoms with Gasteiger partial charge in [0.2, 0.25) is 0 Å². The third-order valence-corrected chi connectivity index (χ3v) is 22.9. The van der Waals surface area contributed by atoms with Crippen LogP contribution in [0.2, 0.25) is 0 Å². The Morgan fingerprint density at radius 1 is 0.277 bits per heavy atom. The van der Waals surface area contributed by atoms with Crippen LogP contribution in [0.1, 0.15) is 86.2 Å². The SMILES string of the molecule is Cc1cc(C)c(-c2cc3c(c4c2oc2ccccc24)-c2ccc(N(c4ccc5c(c4)C(c4ccccc4)(c4ccccc4)c4cc6c(cc4-5)C(c4ccccc4)(c4ccccc4)c4ccc5oc7ccccc7c5c4-6)c4c(-c5ccccc5)cccc4-c4ccccc4)cc2C3(C)C)c(C)c1. The van der Waals surface area contributed by atoms with Gasteiger partial charge < -0.3 is 13.7 Å². The molecule has 2 aromatic heterocycles. The molecule has 0 unspecified atom stereocenters. The fourth-order valence-electron chi connectivity index (χ4n) is 18.8. The molecule has 3 heteroatoms. The third kappa shape index (κ3) is 8.29. The molecule has 3 aliphatic carbocycles. The number of nitrogens with zero attached hydrogens (tertiary/aromatic N) is 1. The molecule has 0 N–H and O–H groups in total. The van der Waals surface area contributed by atoms with Crippen molar-refractivity contribution < 1.29 is 8.83 Å². The average Bonchev–Trinajstić information content (AvgIpc) is 1.51. The van der Waals surface area contributed by atoms with Crippen molar-refractivity contribution in [2.75, 3.05) is 4.90 Å². The lowest BCUT2D eigenvalue weighted by Crippen LogP contribution is -2.30. The summed E-state index contributed by atoms with van der Waals surface area (Å²) in [6.07, 6.45) is 0. The number of benzene rings is 15. The van der Waals surface area contributed by atoms with E-state index in [1.807, 2.05) is 0 Å². The molecule has 0 aliphatic heterocycles. The van der Waals surface area contributed by atoms with Crippen LogP contribution in [-0.4, -0.2) is 0 Å². The van der Waals surface area contributed by atoms with Crippen LogP contribution >= 0.6 is 0 Å². The largest absolute Gasteiger partial charge is 0.456 e. The van der Waals surface area contributed by atoms with Crippen LogP contribution in [0, 0.1) is 20.8 Å². The van der Waals surface area contributed by atoms with Crippen LogP contribution in [-0.2, 0) is 16.2 Å². The normalized spacial score (nSPS) is 14.0. The number of hydrogen-bond donors (Lipinski definition) is 0. The van der Waals surface area contributed by atoms with Crippen molar-refractivity contribution in [3.05, 3.63) is 400 Å². The molecule has 3 aliphatic rings. The fourth-order valence-corrected chi connectivity index (χ4v) is 18.8. The van der Waals surface area contributed by atoms with Crippen molar-refractivity contribution in [3.63, 3.8) is 0 Å². The Morgan fingerprint density at radius 2 is 0.713 bits per heavy atom. The average molecular weight is 1290 g/mol. The van der Waals surface area contributed by atoms with Gasteiger partial charge >= 0.3 is 0 Å². The highest BCUT2D eigenvalue weighted by molar-refractivity contribution is 6.20. The molecular formula is C98H69NO2. The van der Waals surface area contributed by atoms with Crippen LogP contribution in [0.5, 0.6) is 0 Å². The van der Waals surface area contributed by atoms with Crippen molar-refractivity contribution in [1.29, 1.82) is 0 Å². The van der Waals surface area contributed by atoms with Gasteiger partial charge in [0.15, 0.2) is 0 Å². The maximum Gasteiger partial charge on any atom is 0.143 e. The maximum atomic E-state index is 7.12. The van der Waals surface area contributed by atoms with Crippen molar-refractivity contribution >= 4 is 60.9 Å². The Kier molecular flexibility index (Phi) is 12.9. The molecule has 101 heavy (non-hydrogen) atoms. The van der Waals surface area contributed by atoms with E-state index in [-0.39, 0.29) is 0 Å². The van der Waals surface area contributed by atoms with Gasteiger partial charge in [0, 0.05) is 55.0 Å². The highest BCUT2D eigenvalue weighted by Gasteiger charge is 2.53. The third-order valence-electron chi connectivity index (χ3n) is 22.9. The highest BCUT2D eigenvalue weighted by atomic mass is 16.3. The second-order valence-corrected chi connectivity index (χ2v) is 28.6. The van der Waals surface area contributed by atoms with Gasteiger partial charge in [-0.15, -0.1) is 0 Å². The zero-order valence-corrected chi connectivity index (χ0v) is 56.9. The minimum absolute atomic E-state index is 0.446. The van der Waals surface area contributed by atoms with Crippen LogP contribution in [0.3, 0.4) is 0 Å². The minimum atomic E-state index is -0.825. The summed E-state index contributed by atoms with van der Waals surface area (Å²) in [6.45, 7) is 11.6. The Bertz CT molecular complexity index is 6080. The van der Waals surface area contributed by atoms with E-state index in [1.165, 1.54) is 117 Å². The summed E-state index contributed by atoms with van der Waals surface area (Å²) in [6, 6.07) is 123. The lowest BCUT2D eigenvalue weighted by Gasteiger charge is -2.36. The molecule has 17 aromatic rings. The summed E-state index contributed by atoms with van der Waals surface area (Å²) in [5, 5.41) is 4.54. The molecule has 0 amide bonds. The predicted octanol–water partition coefficient (Wildman–Crippen LogP) is 25.9. The first-order valence-electron chi connectivity index (χ1n) is 35.4. The highest BCUT2D eigenvalue weighted by Crippen LogP contribution is 2.66. The quantitative estimate of drug-likeness (QED) is 0.137. The predicted molar refractivity (Wildman–Crippen MR) is 418 cm³/mol. The molecule has 0 saturated carbocycles. The molecule has 3 nitrogen and oxygen atoms in total. The van der Waals surface area contributed by atoms with Crippen LogP contribution < -0.4 is 4.90 Å². The molecule has 0 spiro atoms. The van der Waals surface area contributed by atoms with E-state index in [0.717, 1.165) is 83.4 Å². The van der Waals surface area contributed by atoms with Gasteiger partial charge in [-0.2, -0.15) is 0 Å². The van der Waals surface area contributed by atoms with Crippen LogP contribution in [0.15, 0.2) is 336 Å². The van der Waals surface area contributed by atoms with E-state index in [4.69, 9.17) is 8.83 Å². The standard InChI is InChI=1S/C98H69NO2/c1-60-53-61(2)89(62(3)54-60)79-59-85-90(93-76-42-25-27-46-87(76)101-95(79)93)74-50-48-69(55-81(74)96(85,4)5)99(94-71(63-29-12-6-13-30-63)43-28-44-72(94)64-31-14-7-15-32-64)70-47-49-73-77-57-84-78(58-83(77)98(82(73)56-70,67-37-20-10-21-38-67)68-39-22-11-23-40-68)91-80(51-52-88-92(91)75-41-24-26-45-86(75)100-88)97(84,65-33-16-8-17-34-65)66-35-18-9-19-36-66/h6-59H,1-5H3. The lowest BCUT2D eigenvalue weighted by molar-refractivity contribution is 0.657. The van der Waals surface area contributed by atoms with E-state index in [0.29, 0.717) is 0 Å². The number of hydrogen-bond acceptors (Lipinski definition) is 3. The Labute approximate surface area is 588 Å². The molecule has 0 atom stereocenters. The Morgan fingerprint density at radius 3 is 1.28 bits per heavy atom. The van der Waals surface area contributed by atoms with E-state index in [1.54, 1.807) is 0 Å². The number of rotatable bonds is 10. The molecule has 0 fully saturated rings. The van der Waals surface area contributed by atoms with Gasteiger partial charge in [-0.1, -0.05) is 286 Å². The zero-order valence-electron chi connectivity index (χ0n) is 56.9. The lowest BCUT2D eigenvalue weighted by atomic mass is 9.66. The minimum Gasteiger partial charge on any atom is -0.456 e. The number of fused-ring (bicyclic) bond motifs is 17. The second-order valence-electron chi connectivity index (χ2n) is 28.6. The summed E-state index contributed by atoms with van der Waals surface area (Å²) in [5.41, 5.74) is 35.1. The van der Waals surface area contributed by atoms with E-state index in [9.17, 15) is 0 Å².